The number of esters is 1. The maximum Gasteiger partial charge on any atom is 0.344 e. The molecule has 1 aromatic heterocycles. The Morgan fingerprint density at radius 1 is 1.14 bits per heavy atom. The van der Waals surface area contributed by atoms with Crippen molar-refractivity contribution < 1.29 is 14.3 Å². The molecule has 1 saturated carbocycles. The molecule has 0 unspecified atom stereocenters. The first-order valence-corrected chi connectivity index (χ1v) is 14.2. The van der Waals surface area contributed by atoms with Gasteiger partial charge in [-0.05, 0) is 94.4 Å². The molecule has 4 rings (SSSR count). The van der Waals surface area contributed by atoms with Crippen molar-refractivity contribution in [1.29, 1.82) is 0 Å². The van der Waals surface area contributed by atoms with E-state index in [1.165, 1.54) is 11.1 Å². The average molecular weight is 684 g/mol. The molecule has 0 atom stereocenters. The smallest absolute Gasteiger partial charge is 0.344 e. The van der Waals surface area contributed by atoms with E-state index in [1.807, 2.05) is 24.3 Å². The Bertz CT molecular complexity index is 1340. The largest absolute Gasteiger partial charge is 0.480 e. The summed E-state index contributed by atoms with van der Waals surface area (Å²) in [6.45, 7) is 3.36. The third-order valence-electron chi connectivity index (χ3n) is 5.85. The highest BCUT2D eigenvalue weighted by atomic mass is 79.9. The summed E-state index contributed by atoms with van der Waals surface area (Å²) in [5, 5.41) is 5.11. The highest BCUT2D eigenvalue weighted by molar-refractivity contribution is 9.11. The first-order chi connectivity index (χ1) is 17.2. The van der Waals surface area contributed by atoms with E-state index in [4.69, 9.17) is 14.5 Å². The fourth-order valence-corrected chi connectivity index (χ4v) is 6.06. The Balaban J connectivity index is 1.67. The number of aromatic nitrogens is 2. The zero-order valence-corrected chi connectivity index (χ0v) is 24.7. The lowest BCUT2D eigenvalue weighted by Gasteiger charge is -2.22. The van der Waals surface area contributed by atoms with Crippen LogP contribution in [-0.4, -0.2) is 34.6 Å². The number of fused-ring (bicyclic) bond motifs is 1. The average Bonchev–Trinajstić information content (AvgIpc) is 2.83. The van der Waals surface area contributed by atoms with Crippen LogP contribution in [0, 0.1) is 0 Å². The molecule has 7 nitrogen and oxygen atoms in total. The van der Waals surface area contributed by atoms with Crippen LogP contribution in [0.15, 0.2) is 53.6 Å². The Hall–Kier alpha value is -2.04. The quantitative estimate of drug-likeness (QED) is 0.199. The molecule has 0 saturated heterocycles. The number of rotatable bonds is 7. The maximum absolute atomic E-state index is 13.5. The number of benzene rings is 2. The van der Waals surface area contributed by atoms with Gasteiger partial charge in [-0.15, -0.1) is 0 Å². The molecule has 3 aromatic rings. The van der Waals surface area contributed by atoms with Crippen molar-refractivity contribution in [1.82, 2.24) is 9.66 Å². The van der Waals surface area contributed by atoms with Gasteiger partial charge in [0, 0.05) is 10.4 Å². The summed E-state index contributed by atoms with van der Waals surface area (Å²) in [4.78, 5) is 30.2. The van der Waals surface area contributed by atoms with E-state index in [1.54, 1.807) is 26.1 Å². The number of ether oxygens (including phenoxy) is 2. The van der Waals surface area contributed by atoms with Crippen LogP contribution in [0.3, 0.4) is 0 Å². The van der Waals surface area contributed by atoms with Crippen LogP contribution in [0.1, 0.15) is 63.3 Å². The number of nitrogens with zero attached hydrogens (tertiary/aromatic N) is 3. The van der Waals surface area contributed by atoms with Gasteiger partial charge in [0.2, 0.25) is 0 Å². The van der Waals surface area contributed by atoms with Crippen molar-refractivity contribution in [2.75, 3.05) is 6.61 Å². The third-order valence-corrected chi connectivity index (χ3v) is 7.52. The van der Waals surface area contributed by atoms with E-state index in [9.17, 15) is 9.59 Å². The van der Waals surface area contributed by atoms with Gasteiger partial charge in [-0.3, -0.25) is 4.79 Å². The van der Waals surface area contributed by atoms with E-state index in [-0.39, 0.29) is 24.2 Å². The van der Waals surface area contributed by atoms with Gasteiger partial charge in [-0.25, -0.2) is 9.78 Å². The molecule has 10 heteroatoms. The lowest BCUT2D eigenvalue weighted by atomic mass is 9.88. The molecule has 0 bridgehead atoms. The summed E-state index contributed by atoms with van der Waals surface area (Å²) in [5.74, 6) is 0.925. The minimum absolute atomic E-state index is 0.191. The Labute approximate surface area is 234 Å². The van der Waals surface area contributed by atoms with Gasteiger partial charge in [-0.2, -0.15) is 9.78 Å². The molecule has 0 radical (unpaired) electrons. The molecule has 0 amide bonds. The second-order valence-corrected chi connectivity index (χ2v) is 11.6. The fourth-order valence-electron chi connectivity index (χ4n) is 4.25. The standard InChI is InChI=1S/C26H26Br3N3O4/c1-15(2)36-23(33)14-35-24-20(28)10-16(11-21(24)29)13-30-32-25(17-6-4-3-5-7-17)31-22-9-8-18(27)12-19(22)26(32)34/h8-13,15,17H,3-7,14H2,1-2H3. The molecule has 2 aromatic carbocycles. The van der Waals surface area contributed by atoms with Crippen LogP contribution >= 0.6 is 47.8 Å². The zero-order chi connectivity index (χ0) is 25.8. The van der Waals surface area contributed by atoms with Gasteiger partial charge < -0.3 is 9.47 Å². The molecule has 0 N–H and O–H groups in total. The summed E-state index contributed by atoms with van der Waals surface area (Å²) >= 11 is 10.5. The molecule has 0 aliphatic heterocycles. The lowest BCUT2D eigenvalue weighted by molar-refractivity contribution is -0.149. The lowest BCUT2D eigenvalue weighted by Crippen LogP contribution is -2.25. The summed E-state index contributed by atoms with van der Waals surface area (Å²) in [6.07, 6.45) is 6.85. The molecular weight excluding hydrogens is 658 g/mol. The number of hydrogen-bond acceptors (Lipinski definition) is 6. The highest BCUT2D eigenvalue weighted by Gasteiger charge is 2.22. The van der Waals surface area contributed by atoms with Crippen LogP contribution in [0.5, 0.6) is 5.75 Å². The van der Waals surface area contributed by atoms with E-state index in [0.29, 0.717) is 31.4 Å². The summed E-state index contributed by atoms with van der Waals surface area (Å²) < 4.78 is 14.3. The molecular formula is C26H26Br3N3O4. The summed E-state index contributed by atoms with van der Waals surface area (Å²) in [5.41, 5.74) is 1.22. The molecule has 1 aliphatic rings. The minimum atomic E-state index is -0.445. The van der Waals surface area contributed by atoms with Crippen LogP contribution in [0.4, 0.5) is 0 Å². The molecule has 36 heavy (non-hydrogen) atoms. The summed E-state index contributed by atoms with van der Waals surface area (Å²) in [6, 6.07) is 9.17. The van der Waals surface area contributed by atoms with Gasteiger partial charge in [0.15, 0.2) is 6.61 Å². The molecule has 1 heterocycles. The van der Waals surface area contributed by atoms with Crippen LogP contribution in [0.25, 0.3) is 10.9 Å². The number of hydrogen-bond donors (Lipinski definition) is 0. The van der Waals surface area contributed by atoms with E-state index < -0.39 is 5.97 Å². The van der Waals surface area contributed by atoms with Gasteiger partial charge in [0.1, 0.15) is 11.6 Å². The van der Waals surface area contributed by atoms with Crippen LogP contribution in [-0.2, 0) is 9.53 Å². The van der Waals surface area contributed by atoms with E-state index >= 15 is 0 Å². The number of halogens is 3. The Morgan fingerprint density at radius 3 is 2.50 bits per heavy atom. The normalized spacial score (nSPS) is 14.6. The predicted molar refractivity (Wildman–Crippen MR) is 151 cm³/mol. The first-order valence-electron chi connectivity index (χ1n) is 11.8. The second-order valence-electron chi connectivity index (χ2n) is 8.97. The predicted octanol–water partition coefficient (Wildman–Crippen LogP) is 6.94. The van der Waals surface area contributed by atoms with Crippen LogP contribution in [0.2, 0.25) is 0 Å². The molecule has 1 aliphatic carbocycles. The Morgan fingerprint density at radius 2 is 1.83 bits per heavy atom. The second kappa shape index (κ2) is 12.0. The molecule has 0 spiro atoms. The third kappa shape index (κ3) is 6.44. The zero-order valence-electron chi connectivity index (χ0n) is 20.0. The summed E-state index contributed by atoms with van der Waals surface area (Å²) in [7, 11) is 0. The van der Waals surface area contributed by atoms with Crippen molar-refractivity contribution in [3.05, 3.63) is 65.5 Å². The number of carbonyl (C=O) groups excluding carboxylic acids is 1. The van der Waals surface area contributed by atoms with Gasteiger partial charge in [-0.1, -0.05) is 35.2 Å². The highest BCUT2D eigenvalue weighted by Crippen LogP contribution is 2.35. The topological polar surface area (TPSA) is 82.8 Å². The van der Waals surface area contributed by atoms with E-state index in [2.05, 4.69) is 52.9 Å². The van der Waals surface area contributed by atoms with Crippen molar-refractivity contribution in [2.45, 2.75) is 58.0 Å². The minimum Gasteiger partial charge on any atom is -0.480 e. The van der Waals surface area contributed by atoms with Crippen LogP contribution < -0.4 is 10.3 Å². The maximum atomic E-state index is 13.5. The fraction of sp³-hybridized carbons (Fsp3) is 0.385. The number of carbonyl (C=O) groups is 1. The van der Waals surface area contributed by atoms with Crippen molar-refractivity contribution >= 4 is 70.9 Å². The van der Waals surface area contributed by atoms with Crippen molar-refractivity contribution in [3.63, 3.8) is 0 Å². The SMILES string of the molecule is CC(C)OC(=O)COc1c(Br)cc(C=Nn2c(C3CCCCC3)nc3ccc(Br)cc3c2=O)cc1Br. The van der Waals surface area contributed by atoms with Gasteiger partial charge in [0.25, 0.3) is 5.56 Å². The van der Waals surface area contributed by atoms with Gasteiger partial charge in [0.05, 0.1) is 32.2 Å². The monoisotopic (exact) mass is 681 g/mol. The molecule has 1 fully saturated rings. The first kappa shape index (κ1) is 27.0. The van der Waals surface area contributed by atoms with E-state index in [0.717, 1.165) is 35.7 Å². The molecule has 190 valence electrons. The van der Waals surface area contributed by atoms with Crippen molar-refractivity contribution in [2.24, 2.45) is 5.10 Å². The van der Waals surface area contributed by atoms with Crippen molar-refractivity contribution in [3.8, 4) is 5.75 Å². The van der Waals surface area contributed by atoms with Gasteiger partial charge >= 0.3 is 5.97 Å². The Kier molecular flexibility index (Phi) is 9.00.